The van der Waals surface area contributed by atoms with E-state index in [2.05, 4.69) is 27.8 Å². The lowest BCUT2D eigenvalue weighted by Crippen LogP contribution is -2.40. The summed E-state index contributed by atoms with van der Waals surface area (Å²) in [5, 5.41) is 4.16. The largest absolute Gasteiger partial charge is 0.342 e. The van der Waals surface area contributed by atoms with Crippen LogP contribution in [0, 0.1) is 0 Å². The number of likely N-dealkylation sites (tertiary alicyclic amines) is 1. The summed E-state index contributed by atoms with van der Waals surface area (Å²) in [4.78, 5) is 19.1. The molecule has 6 nitrogen and oxygen atoms in total. The molecule has 3 rings (SSSR count). The van der Waals surface area contributed by atoms with Crippen molar-refractivity contribution in [2.24, 2.45) is 0 Å². The van der Waals surface area contributed by atoms with Crippen LogP contribution in [0.25, 0.3) is 0 Å². The summed E-state index contributed by atoms with van der Waals surface area (Å²) in [5.74, 6) is 1.73. The maximum Gasteiger partial charge on any atom is 0.224 e. The van der Waals surface area contributed by atoms with E-state index < -0.39 is 0 Å². The minimum atomic E-state index is 0.224. The number of nitrogens with zero attached hydrogens (tertiary/aromatic N) is 5. The molecule has 1 amide bonds. The molecule has 0 saturated carbocycles. The molecule has 1 fully saturated rings. The normalized spacial score (nSPS) is 18.0. The van der Waals surface area contributed by atoms with Crippen LogP contribution < -0.4 is 0 Å². The zero-order valence-electron chi connectivity index (χ0n) is 14.5. The van der Waals surface area contributed by atoms with E-state index in [4.69, 9.17) is 0 Å². The lowest BCUT2D eigenvalue weighted by Gasteiger charge is -2.32. The molecule has 0 aromatic carbocycles. The summed E-state index contributed by atoms with van der Waals surface area (Å²) in [7, 11) is 0. The third-order valence-electron chi connectivity index (χ3n) is 4.75. The van der Waals surface area contributed by atoms with Gasteiger partial charge in [-0.3, -0.25) is 9.48 Å². The number of piperidine rings is 1. The minimum absolute atomic E-state index is 0.224. The first-order valence-corrected chi connectivity index (χ1v) is 9.04. The van der Waals surface area contributed by atoms with E-state index in [-0.39, 0.29) is 5.91 Å². The Morgan fingerprint density at radius 2 is 2.21 bits per heavy atom. The van der Waals surface area contributed by atoms with E-state index in [9.17, 15) is 4.79 Å². The predicted molar refractivity (Wildman–Crippen MR) is 92.5 cm³/mol. The summed E-state index contributed by atoms with van der Waals surface area (Å²) in [6.45, 7) is 5.54. The van der Waals surface area contributed by atoms with Gasteiger partial charge in [0.25, 0.3) is 0 Å². The van der Waals surface area contributed by atoms with Crippen molar-refractivity contribution in [1.82, 2.24) is 24.2 Å². The number of carbonyl (C=O) groups is 1. The summed E-state index contributed by atoms with van der Waals surface area (Å²) in [5.41, 5.74) is 0. The van der Waals surface area contributed by atoms with Crippen LogP contribution >= 0.6 is 0 Å². The Morgan fingerprint density at radius 1 is 1.29 bits per heavy atom. The first kappa shape index (κ1) is 16.7. The summed E-state index contributed by atoms with van der Waals surface area (Å²) in [6.07, 6.45) is 12.6. The van der Waals surface area contributed by atoms with Crippen molar-refractivity contribution >= 4 is 5.91 Å². The van der Waals surface area contributed by atoms with Crippen LogP contribution in [0.2, 0.25) is 0 Å². The highest BCUT2D eigenvalue weighted by molar-refractivity contribution is 5.76. The SMILES string of the molecule is CCCCn1ccnc1C1CCCN(C(=O)CCn2cccn2)C1. The third kappa shape index (κ3) is 4.04. The second-order valence-electron chi connectivity index (χ2n) is 6.53. The monoisotopic (exact) mass is 329 g/mol. The van der Waals surface area contributed by atoms with Crippen molar-refractivity contribution < 1.29 is 4.79 Å². The van der Waals surface area contributed by atoms with Gasteiger partial charge in [-0.05, 0) is 25.3 Å². The fourth-order valence-corrected chi connectivity index (χ4v) is 3.41. The van der Waals surface area contributed by atoms with E-state index >= 15 is 0 Å². The van der Waals surface area contributed by atoms with Gasteiger partial charge in [0.1, 0.15) is 5.82 Å². The molecule has 24 heavy (non-hydrogen) atoms. The van der Waals surface area contributed by atoms with Crippen molar-refractivity contribution in [3.8, 4) is 0 Å². The first-order chi connectivity index (χ1) is 11.8. The zero-order valence-corrected chi connectivity index (χ0v) is 14.5. The van der Waals surface area contributed by atoms with Crippen LogP contribution in [-0.2, 0) is 17.9 Å². The Hall–Kier alpha value is -2.11. The Morgan fingerprint density at radius 3 is 3.00 bits per heavy atom. The van der Waals surface area contributed by atoms with Gasteiger partial charge in [-0.2, -0.15) is 5.10 Å². The van der Waals surface area contributed by atoms with E-state index in [0.29, 0.717) is 18.9 Å². The van der Waals surface area contributed by atoms with Gasteiger partial charge in [0.2, 0.25) is 5.91 Å². The molecule has 0 radical (unpaired) electrons. The number of aromatic nitrogens is 4. The van der Waals surface area contributed by atoms with E-state index in [1.165, 1.54) is 12.8 Å². The van der Waals surface area contributed by atoms with Crippen molar-refractivity contribution in [2.75, 3.05) is 13.1 Å². The maximum absolute atomic E-state index is 12.5. The molecule has 1 aliphatic rings. The van der Waals surface area contributed by atoms with Crippen molar-refractivity contribution in [3.63, 3.8) is 0 Å². The summed E-state index contributed by atoms with van der Waals surface area (Å²) in [6, 6.07) is 1.89. The van der Waals surface area contributed by atoms with Gasteiger partial charge >= 0.3 is 0 Å². The fourth-order valence-electron chi connectivity index (χ4n) is 3.41. The molecule has 0 aliphatic carbocycles. The van der Waals surface area contributed by atoms with E-state index in [1.807, 2.05) is 28.0 Å². The molecule has 1 saturated heterocycles. The van der Waals surface area contributed by atoms with Gasteiger partial charge in [0.15, 0.2) is 0 Å². The zero-order chi connectivity index (χ0) is 16.8. The number of rotatable bonds is 7. The maximum atomic E-state index is 12.5. The fraction of sp³-hybridized carbons (Fsp3) is 0.611. The Balaban J connectivity index is 1.57. The number of unbranched alkanes of at least 4 members (excludes halogenated alkanes) is 1. The lowest BCUT2D eigenvalue weighted by molar-refractivity contribution is -0.132. The minimum Gasteiger partial charge on any atom is -0.342 e. The smallest absolute Gasteiger partial charge is 0.224 e. The average Bonchev–Trinajstić information content (AvgIpc) is 3.29. The summed E-state index contributed by atoms with van der Waals surface area (Å²) < 4.78 is 4.09. The standard InChI is InChI=1S/C18H27N5O/c1-2-3-10-21-14-9-19-18(21)16-6-4-11-22(15-16)17(24)7-13-23-12-5-8-20-23/h5,8-9,12,14,16H,2-4,6-7,10-11,13,15H2,1H3. The third-order valence-corrected chi connectivity index (χ3v) is 4.75. The van der Waals surface area contributed by atoms with Gasteiger partial charge in [0.05, 0.1) is 0 Å². The molecule has 0 spiro atoms. The molecule has 130 valence electrons. The van der Waals surface area contributed by atoms with Crippen LogP contribution in [0.3, 0.4) is 0 Å². The average molecular weight is 329 g/mol. The Labute approximate surface area is 143 Å². The van der Waals surface area contributed by atoms with Crippen LogP contribution in [0.1, 0.15) is 50.8 Å². The molecule has 6 heteroatoms. The number of hydrogen-bond acceptors (Lipinski definition) is 3. The number of hydrogen-bond donors (Lipinski definition) is 0. The molecule has 0 bridgehead atoms. The van der Waals surface area contributed by atoms with Gasteiger partial charge in [-0.25, -0.2) is 4.98 Å². The van der Waals surface area contributed by atoms with Gasteiger partial charge in [0, 0.05) is 63.3 Å². The molecular weight excluding hydrogens is 302 g/mol. The molecule has 1 aliphatic heterocycles. The Bertz CT molecular complexity index is 634. The highest BCUT2D eigenvalue weighted by Crippen LogP contribution is 2.26. The van der Waals surface area contributed by atoms with Crippen molar-refractivity contribution in [3.05, 3.63) is 36.7 Å². The number of carbonyl (C=O) groups excluding carboxylic acids is 1. The lowest BCUT2D eigenvalue weighted by atomic mass is 9.96. The number of aryl methyl sites for hydroxylation is 2. The van der Waals surface area contributed by atoms with Crippen molar-refractivity contribution in [1.29, 1.82) is 0 Å². The second kappa shape index (κ2) is 8.13. The molecule has 2 aromatic heterocycles. The van der Waals surface area contributed by atoms with Crippen LogP contribution in [0.5, 0.6) is 0 Å². The molecule has 3 heterocycles. The first-order valence-electron chi connectivity index (χ1n) is 9.04. The molecule has 2 aromatic rings. The molecular formula is C18H27N5O. The Kier molecular flexibility index (Phi) is 5.67. The highest BCUT2D eigenvalue weighted by atomic mass is 16.2. The molecule has 0 N–H and O–H groups in total. The quantitative estimate of drug-likeness (QED) is 0.785. The molecule has 1 unspecified atom stereocenters. The number of imidazole rings is 1. The van der Waals surface area contributed by atoms with Crippen LogP contribution in [-0.4, -0.2) is 43.2 Å². The van der Waals surface area contributed by atoms with Crippen LogP contribution in [0.15, 0.2) is 30.9 Å². The van der Waals surface area contributed by atoms with Gasteiger partial charge < -0.3 is 9.47 Å². The van der Waals surface area contributed by atoms with Crippen LogP contribution in [0.4, 0.5) is 0 Å². The second-order valence-corrected chi connectivity index (χ2v) is 6.53. The topological polar surface area (TPSA) is 56.0 Å². The highest BCUT2D eigenvalue weighted by Gasteiger charge is 2.27. The van der Waals surface area contributed by atoms with Gasteiger partial charge in [-0.15, -0.1) is 0 Å². The van der Waals surface area contributed by atoms with Crippen molar-refractivity contribution in [2.45, 2.75) is 58.0 Å². The van der Waals surface area contributed by atoms with Gasteiger partial charge in [-0.1, -0.05) is 13.3 Å². The van der Waals surface area contributed by atoms with E-state index in [1.54, 1.807) is 6.20 Å². The van der Waals surface area contributed by atoms with E-state index in [0.717, 1.165) is 38.3 Å². The molecule has 1 atom stereocenters. The number of amides is 1. The summed E-state index contributed by atoms with van der Waals surface area (Å²) >= 11 is 0. The predicted octanol–water partition coefficient (Wildman–Crippen LogP) is 2.68.